The van der Waals surface area contributed by atoms with Gasteiger partial charge in [-0.25, -0.2) is 65.4 Å². The summed E-state index contributed by atoms with van der Waals surface area (Å²) in [5.41, 5.74) is 0. The van der Waals surface area contributed by atoms with E-state index in [4.69, 9.17) is 67.4 Å². The van der Waals surface area contributed by atoms with Crippen LogP contribution in [-0.2, 0) is 26.6 Å². The van der Waals surface area contributed by atoms with Crippen molar-refractivity contribution in [1.29, 1.82) is 0 Å². The second kappa shape index (κ2) is 50.5. The zero-order valence-electron chi connectivity index (χ0n) is 79.2. The summed E-state index contributed by atoms with van der Waals surface area (Å²) >= 11 is 3.35. The zero-order chi connectivity index (χ0) is 87.1. The number of hydrogen-bond acceptors (Lipinski definition) is 11. The fraction of sp³-hybridized carbons (Fsp3) is 1.00. The smallest absolute Gasteiger partial charge is 0.502 e. The molecule has 0 spiro atoms. The monoisotopic (exact) mass is 1930 g/mol. The zero-order valence-corrected chi connectivity index (χ0v) is 93.3. The molecule has 0 N–H and O–H groups in total. The number of alkyl halides is 1. The molecule has 0 aliphatic rings. The number of nitrogens with zero attached hydrogens (tertiary/aromatic N) is 32. The Morgan fingerprint density at radius 3 is 0.600 bits per heavy atom. The lowest BCUT2D eigenvalue weighted by atomic mass is 10.5. The first-order valence-electron chi connectivity index (χ1n) is 35.5. The van der Waals surface area contributed by atoms with Crippen LogP contribution in [0.3, 0.4) is 0 Å². The Hall–Kier alpha value is 2.73. The van der Waals surface area contributed by atoms with E-state index in [9.17, 15) is 0 Å². The van der Waals surface area contributed by atoms with Gasteiger partial charge < -0.3 is 43.5 Å². The van der Waals surface area contributed by atoms with Crippen molar-refractivity contribution in [2.75, 3.05) is 379 Å². The molecular formula is C58H168Br2N32O6P10Si2. The summed E-state index contributed by atoms with van der Waals surface area (Å²) in [7, 11) is 72.7. The molecule has 52 heteroatoms. The van der Waals surface area contributed by atoms with Crippen molar-refractivity contribution in [2.24, 2.45) is 40.9 Å². The van der Waals surface area contributed by atoms with E-state index in [0.29, 0.717) is 12.6 Å². The molecule has 0 unspecified atom stereocenters. The topological polar surface area (TPSA) is 241 Å². The largest absolute Gasteiger partial charge is 1.00 e. The van der Waals surface area contributed by atoms with Gasteiger partial charge in [0.15, 0.2) is 22.5 Å². The van der Waals surface area contributed by atoms with Gasteiger partial charge in [-0.3, -0.25) is 46.8 Å². The van der Waals surface area contributed by atoms with Crippen molar-refractivity contribution in [1.82, 2.24) is 107 Å². The Morgan fingerprint density at radius 1 is 0.264 bits per heavy atom. The van der Waals surface area contributed by atoms with E-state index in [0.717, 1.165) is 24.2 Å². The van der Waals surface area contributed by atoms with E-state index in [1.54, 1.807) is 42.7 Å². The van der Waals surface area contributed by atoms with Crippen LogP contribution in [0, 0.1) is 0 Å². The van der Waals surface area contributed by atoms with E-state index >= 15 is 0 Å². The molecule has 0 heterocycles. The maximum absolute atomic E-state index is 6.27. The van der Waals surface area contributed by atoms with Crippen molar-refractivity contribution in [3.05, 3.63) is 0 Å². The normalized spacial score (nSPS) is 14.3. The molecule has 0 fully saturated rings. The average molecular weight is 1940 g/mol. The third-order valence-electron chi connectivity index (χ3n) is 17.9. The lowest BCUT2D eigenvalue weighted by Gasteiger charge is -2.46. The van der Waals surface area contributed by atoms with Crippen molar-refractivity contribution in [3.63, 3.8) is 0 Å². The Kier molecular flexibility index (Phi) is 54.6. The Balaban J connectivity index is -0.000000900. The highest BCUT2D eigenvalue weighted by atomic mass is 79.9. The predicted molar refractivity (Wildman–Crippen MR) is 497 cm³/mol. The molecular weight excluding hydrogens is 1770 g/mol. The summed E-state index contributed by atoms with van der Waals surface area (Å²) in [5.74, 6) is 0. The van der Waals surface area contributed by atoms with Crippen molar-refractivity contribution >= 4 is 109 Å². The van der Waals surface area contributed by atoms with Gasteiger partial charge in [0, 0.05) is 73.7 Å². The van der Waals surface area contributed by atoms with Crippen LogP contribution in [0.2, 0.25) is 12.1 Å². The van der Waals surface area contributed by atoms with Crippen LogP contribution in [-0.4, -0.2) is 504 Å². The molecule has 0 atom stereocenters. The van der Waals surface area contributed by atoms with Crippen molar-refractivity contribution in [3.8, 4) is 0 Å². The lowest BCUT2D eigenvalue weighted by molar-refractivity contribution is -0.0000345. The van der Waals surface area contributed by atoms with Gasteiger partial charge in [0.25, 0.3) is 0 Å². The van der Waals surface area contributed by atoms with E-state index in [-0.39, 0.29) is 17.0 Å². The van der Waals surface area contributed by atoms with Crippen molar-refractivity contribution in [2.45, 2.75) is 24.9 Å². The highest BCUT2D eigenvalue weighted by Crippen LogP contribution is 2.87. The second-order valence-corrected chi connectivity index (χ2v) is 71.9. The van der Waals surface area contributed by atoms with Crippen LogP contribution in [0.4, 0.5) is 0 Å². The van der Waals surface area contributed by atoms with Crippen molar-refractivity contribution < 1.29 is 43.5 Å². The number of halogens is 2. The molecule has 0 radical (unpaired) electrons. The fourth-order valence-electron chi connectivity index (χ4n) is 13.5. The second-order valence-electron chi connectivity index (χ2n) is 29.8. The van der Waals surface area contributed by atoms with Crippen LogP contribution >= 0.6 is 91.4 Å². The van der Waals surface area contributed by atoms with Gasteiger partial charge >= 0.3 is 33.0 Å². The summed E-state index contributed by atoms with van der Waals surface area (Å²) < 4.78 is 138. The molecule has 0 saturated heterocycles. The van der Waals surface area contributed by atoms with Crippen LogP contribution in [0.15, 0.2) is 40.9 Å². The first-order chi connectivity index (χ1) is 49.5. The molecule has 0 amide bonds. The maximum atomic E-state index is 6.27. The third-order valence-corrected chi connectivity index (χ3v) is 64.8. The summed E-state index contributed by atoms with van der Waals surface area (Å²) in [5, 5.41) is 0.956. The molecule has 0 aromatic carbocycles. The van der Waals surface area contributed by atoms with Gasteiger partial charge in [-0.2, -0.15) is 18.1 Å². The minimum atomic E-state index is -3.58. The van der Waals surface area contributed by atoms with E-state index in [1.807, 2.05) is 35.2 Å². The van der Waals surface area contributed by atoms with Gasteiger partial charge in [0.2, 0.25) is 37.5 Å². The summed E-state index contributed by atoms with van der Waals surface area (Å²) in [6.07, 6.45) is 1.79. The molecule has 38 nitrogen and oxygen atoms in total. The molecule has 0 aliphatic heterocycles. The predicted octanol–water partition coefficient (Wildman–Crippen LogP) is 10.0. The average Bonchev–Trinajstić information content (AvgIpc) is 0.723. The fourth-order valence-corrected chi connectivity index (χ4v) is 65.3. The molecule has 0 aromatic heterocycles. The Bertz CT molecular complexity index is 2820. The molecule has 0 saturated carbocycles. The molecule has 110 heavy (non-hydrogen) atoms. The lowest BCUT2D eigenvalue weighted by Crippen LogP contribution is -3.00. The SMILES string of the molecule is CN=P(N=P(N=P(N(C)C)(N(C)C)N(C)C)(N=P(N(C)C)(N(C)C)N(C)C)N=P(N(C)C)(N(C)C)N(C)C)(N(C)C)N(C)C.CO[Si](CCCBr)(OC)OC.CO[Si](CCCN(C)P(=N[P+](N=P(N(C)C)(N(C)C)N(C)C)(N=P(N(C)C)(N(C)C)N(C)C)N=P(N(C)C)(N(C)C)N(C)C)(N(C)C)N(C)C)(OC)OC.[Br-]. The van der Waals surface area contributed by atoms with E-state index in [2.05, 4.69) is 412 Å². The van der Waals surface area contributed by atoms with Gasteiger partial charge in [0.05, 0.1) is 0 Å². The maximum Gasteiger partial charge on any atom is 0.502 e. The standard InChI is InChI=1S/C29H84N16O3P5Si.C23H69N16P5.C6H15BrO3Si.BrH/c1-34(2)50(35(3)4,36(5)6)30-49(31-51(37(7)8,38(9)10)39(11)12,32-52(40(13)14,41(15)16)42(17)18)33-53(43(19)20,44(21)22)45(23)28-27-29-54(46-24,47-25)48-26;1-24-41(29(2)3,30(4)5)25-40(26-42(31(6)7,32(8)9)33(10)11,27-43(34(12)13,35(14)15)36(16)17)28-44(37(18)19,38(20)21)39(22)23;1-8-11(9-2,10-3)6-4-5-7;/h27-29H2,1-26H3;1-23H3;4-6H2,1-3H3;1H/q+1;;;/p-1. The highest BCUT2D eigenvalue weighted by molar-refractivity contribution is 9.09. The molecule has 0 bridgehead atoms. The minimum absolute atomic E-state index is 0. The van der Waals surface area contributed by atoms with E-state index in [1.165, 1.54) is 0 Å². The highest BCUT2D eigenvalue weighted by Gasteiger charge is 2.58. The third kappa shape index (κ3) is 27.1. The van der Waals surface area contributed by atoms with Gasteiger partial charge in [-0.05, 0) is 348 Å². The first-order valence-corrected chi connectivity index (χ1v) is 56.5. The summed E-state index contributed by atoms with van der Waals surface area (Å²) in [6.45, 7) is 0.693. The Morgan fingerprint density at radius 2 is 0.445 bits per heavy atom. The van der Waals surface area contributed by atoms with E-state index < -0.39 is 93.0 Å². The minimum Gasteiger partial charge on any atom is -1.00 e. The summed E-state index contributed by atoms with van der Waals surface area (Å²) in [4.78, 5) is 0. The molecule has 0 aromatic rings. The molecule has 668 valence electrons. The van der Waals surface area contributed by atoms with Gasteiger partial charge in [-0.1, -0.05) is 15.9 Å². The summed E-state index contributed by atoms with van der Waals surface area (Å²) in [6, 6.07) is 1.52. The Labute approximate surface area is 699 Å². The van der Waals surface area contributed by atoms with Crippen LogP contribution in [0.5, 0.6) is 0 Å². The van der Waals surface area contributed by atoms with Crippen LogP contribution < -0.4 is 17.0 Å². The molecule has 0 aliphatic carbocycles. The van der Waals surface area contributed by atoms with Gasteiger partial charge in [0.1, 0.15) is 0 Å². The van der Waals surface area contributed by atoms with Gasteiger partial charge in [-0.15, -0.1) is 0 Å². The number of hydrogen-bond donors (Lipinski definition) is 0. The van der Waals surface area contributed by atoms with Crippen LogP contribution in [0.25, 0.3) is 0 Å². The first kappa shape index (κ1) is 119. The molecule has 0 rings (SSSR count). The number of rotatable bonds is 44. The quantitative estimate of drug-likeness (QED) is 0.0313. The van der Waals surface area contributed by atoms with Crippen LogP contribution in [0.1, 0.15) is 12.8 Å².